The van der Waals surface area contributed by atoms with Crippen LogP contribution in [0.5, 0.6) is 0 Å². The fraction of sp³-hybridized carbons (Fsp3) is 0.250. The molecule has 0 saturated heterocycles. The second-order valence-electron chi connectivity index (χ2n) is 5.18. The van der Waals surface area contributed by atoms with Crippen LogP contribution in [-0.2, 0) is 4.79 Å². The highest BCUT2D eigenvalue weighted by Crippen LogP contribution is 2.23. The quantitative estimate of drug-likeness (QED) is 0.728. The van der Waals surface area contributed by atoms with Gasteiger partial charge in [0.25, 0.3) is 5.91 Å². The van der Waals surface area contributed by atoms with E-state index < -0.39 is 24.7 Å². The van der Waals surface area contributed by atoms with Crippen molar-refractivity contribution in [3.8, 4) is 0 Å². The lowest BCUT2D eigenvalue weighted by atomic mass is 10.2. The Bertz CT molecular complexity index is 732. The van der Waals surface area contributed by atoms with Crippen molar-refractivity contribution in [2.75, 3.05) is 17.2 Å². The number of halogens is 3. The van der Waals surface area contributed by atoms with Gasteiger partial charge in [-0.3, -0.25) is 9.59 Å². The molecule has 0 aliphatic carbocycles. The largest absolute Gasteiger partial charge is 0.405 e. The molecule has 2 aromatic rings. The predicted molar refractivity (Wildman–Crippen MR) is 90.9 cm³/mol. The van der Waals surface area contributed by atoms with Gasteiger partial charge in [0.05, 0.1) is 16.3 Å². The number of para-hydroxylation sites is 2. The average Bonchev–Trinajstić information content (AvgIpc) is 3.07. The molecule has 1 atom stereocenters. The number of rotatable bonds is 6. The Morgan fingerprint density at radius 3 is 2.40 bits per heavy atom. The van der Waals surface area contributed by atoms with Crippen molar-refractivity contribution in [2.24, 2.45) is 0 Å². The number of benzene rings is 1. The first kappa shape index (κ1) is 18.8. The number of anilines is 2. The molecule has 0 aliphatic rings. The first-order valence-corrected chi connectivity index (χ1v) is 8.19. The summed E-state index contributed by atoms with van der Waals surface area (Å²) in [6.45, 7) is 0.275. The van der Waals surface area contributed by atoms with Gasteiger partial charge >= 0.3 is 6.18 Å². The number of carbonyl (C=O) groups is 2. The molecule has 0 spiro atoms. The van der Waals surface area contributed by atoms with Crippen LogP contribution in [0.25, 0.3) is 0 Å². The van der Waals surface area contributed by atoms with E-state index in [-0.39, 0.29) is 17.3 Å². The second-order valence-corrected chi connectivity index (χ2v) is 6.12. The molecule has 1 aromatic heterocycles. The molecule has 0 saturated carbocycles. The summed E-state index contributed by atoms with van der Waals surface area (Å²) in [6, 6.07) is 8.53. The molecule has 2 amide bonds. The summed E-state index contributed by atoms with van der Waals surface area (Å²) in [6.07, 6.45) is -4.38. The van der Waals surface area contributed by atoms with E-state index in [9.17, 15) is 22.8 Å². The summed E-state index contributed by atoms with van der Waals surface area (Å²) in [5, 5.41) is 9.03. The molecular formula is C16H16F3N3O2S. The van der Waals surface area contributed by atoms with Gasteiger partial charge in [-0.2, -0.15) is 13.2 Å². The average molecular weight is 371 g/mol. The summed E-state index contributed by atoms with van der Waals surface area (Å²) < 4.78 is 37.0. The van der Waals surface area contributed by atoms with E-state index in [0.29, 0.717) is 4.88 Å². The molecule has 3 N–H and O–H groups in total. The number of carbonyl (C=O) groups excluding carboxylic acids is 2. The highest BCUT2D eigenvalue weighted by Gasteiger charge is 2.27. The smallest absolute Gasteiger partial charge is 0.375 e. The highest BCUT2D eigenvalue weighted by molar-refractivity contribution is 7.12. The third-order valence-corrected chi connectivity index (χ3v) is 4.02. The van der Waals surface area contributed by atoms with Crippen LogP contribution in [0.3, 0.4) is 0 Å². The van der Waals surface area contributed by atoms with Crippen molar-refractivity contribution in [1.29, 1.82) is 0 Å². The molecule has 1 heterocycles. The Kier molecular flexibility index (Phi) is 6.02. The van der Waals surface area contributed by atoms with Gasteiger partial charge in [-0.15, -0.1) is 11.3 Å². The normalized spacial score (nSPS) is 12.3. The van der Waals surface area contributed by atoms with E-state index in [1.165, 1.54) is 30.4 Å². The van der Waals surface area contributed by atoms with Crippen LogP contribution in [0, 0.1) is 0 Å². The van der Waals surface area contributed by atoms with Crippen molar-refractivity contribution < 1.29 is 22.8 Å². The molecule has 134 valence electrons. The van der Waals surface area contributed by atoms with Crippen LogP contribution in [0.4, 0.5) is 24.5 Å². The molecule has 5 nitrogen and oxygen atoms in total. The standard InChI is InChI=1S/C16H16F3N3O2S/c1-10(21-15(24)13-7-4-8-25-13)14(23)22-12-6-3-2-5-11(12)20-9-16(17,18)19/h2-8,10,20H,9H2,1H3,(H,21,24)(H,22,23). The summed E-state index contributed by atoms with van der Waals surface area (Å²) in [7, 11) is 0. The van der Waals surface area contributed by atoms with Crippen molar-refractivity contribution in [3.63, 3.8) is 0 Å². The van der Waals surface area contributed by atoms with Crippen LogP contribution in [0.2, 0.25) is 0 Å². The molecular weight excluding hydrogens is 355 g/mol. The molecule has 25 heavy (non-hydrogen) atoms. The lowest BCUT2D eigenvalue weighted by Gasteiger charge is -2.17. The number of alkyl halides is 3. The molecule has 1 aromatic carbocycles. The van der Waals surface area contributed by atoms with E-state index >= 15 is 0 Å². The van der Waals surface area contributed by atoms with Crippen LogP contribution in [0.1, 0.15) is 16.6 Å². The molecule has 9 heteroatoms. The third-order valence-electron chi connectivity index (χ3n) is 3.15. The van der Waals surface area contributed by atoms with Crippen molar-refractivity contribution in [1.82, 2.24) is 5.32 Å². The Labute approximate surface area is 146 Å². The first-order valence-electron chi connectivity index (χ1n) is 7.31. The van der Waals surface area contributed by atoms with E-state index in [4.69, 9.17) is 0 Å². The zero-order chi connectivity index (χ0) is 18.4. The molecule has 0 bridgehead atoms. The Morgan fingerprint density at radius 1 is 1.12 bits per heavy atom. The summed E-state index contributed by atoms with van der Waals surface area (Å²) in [5.74, 6) is -0.924. The van der Waals surface area contributed by atoms with E-state index in [1.807, 2.05) is 0 Å². The number of thiophene rings is 1. The number of amides is 2. The van der Waals surface area contributed by atoms with Crippen molar-refractivity contribution in [2.45, 2.75) is 19.1 Å². The number of nitrogens with one attached hydrogen (secondary N) is 3. The summed E-state index contributed by atoms with van der Waals surface area (Å²) in [4.78, 5) is 24.6. The second kappa shape index (κ2) is 8.02. The van der Waals surface area contributed by atoms with Crippen molar-refractivity contribution in [3.05, 3.63) is 46.7 Å². The zero-order valence-electron chi connectivity index (χ0n) is 13.2. The maximum atomic E-state index is 12.3. The van der Waals surface area contributed by atoms with Gasteiger partial charge in [0.15, 0.2) is 0 Å². The van der Waals surface area contributed by atoms with Gasteiger partial charge in [0, 0.05) is 0 Å². The van der Waals surface area contributed by atoms with Crippen LogP contribution >= 0.6 is 11.3 Å². The van der Waals surface area contributed by atoms with Gasteiger partial charge in [-0.05, 0) is 30.5 Å². The highest BCUT2D eigenvalue weighted by atomic mass is 32.1. The zero-order valence-corrected chi connectivity index (χ0v) is 14.0. The molecule has 1 unspecified atom stereocenters. The van der Waals surface area contributed by atoms with Crippen LogP contribution < -0.4 is 16.0 Å². The SMILES string of the molecule is CC(NC(=O)c1cccs1)C(=O)Nc1ccccc1NCC(F)(F)F. The molecule has 0 aliphatic heterocycles. The summed E-state index contributed by atoms with van der Waals surface area (Å²) >= 11 is 1.24. The Morgan fingerprint density at radius 2 is 1.80 bits per heavy atom. The topological polar surface area (TPSA) is 70.2 Å². The fourth-order valence-corrected chi connectivity index (χ4v) is 2.55. The van der Waals surface area contributed by atoms with E-state index in [0.717, 1.165) is 0 Å². The van der Waals surface area contributed by atoms with E-state index in [1.54, 1.807) is 29.6 Å². The lowest BCUT2D eigenvalue weighted by Crippen LogP contribution is -2.41. The fourth-order valence-electron chi connectivity index (χ4n) is 1.92. The molecule has 0 radical (unpaired) electrons. The van der Waals surface area contributed by atoms with Gasteiger partial charge in [-0.25, -0.2) is 0 Å². The van der Waals surface area contributed by atoms with Gasteiger partial charge in [-0.1, -0.05) is 18.2 Å². The van der Waals surface area contributed by atoms with Crippen LogP contribution in [0.15, 0.2) is 41.8 Å². The van der Waals surface area contributed by atoms with E-state index in [2.05, 4.69) is 16.0 Å². The Hall–Kier alpha value is -2.55. The summed E-state index contributed by atoms with van der Waals surface area (Å²) in [5.41, 5.74) is 0.346. The maximum Gasteiger partial charge on any atom is 0.405 e. The van der Waals surface area contributed by atoms with Crippen LogP contribution in [-0.4, -0.2) is 30.6 Å². The van der Waals surface area contributed by atoms with Gasteiger partial charge in [0.2, 0.25) is 5.91 Å². The molecule has 2 rings (SSSR count). The van der Waals surface area contributed by atoms with Gasteiger partial charge in [0.1, 0.15) is 12.6 Å². The predicted octanol–water partition coefficient (Wildman–Crippen LogP) is 3.48. The third kappa shape index (κ3) is 5.79. The first-order chi connectivity index (χ1) is 11.8. The molecule has 0 fully saturated rings. The minimum atomic E-state index is -4.38. The van der Waals surface area contributed by atoms with Gasteiger partial charge < -0.3 is 16.0 Å². The van der Waals surface area contributed by atoms with Crippen molar-refractivity contribution >= 4 is 34.5 Å². The monoisotopic (exact) mass is 371 g/mol. The Balaban J connectivity index is 1.98. The number of hydrogen-bond donors (Lipinski definition) is 3. The number of hydrogen-bond acceptors (Lipinski definition) is 4. The minimum absolute atomic E-state index is 0.143. The minimum Gasteiger partial charge on any atom is -0.375 e. The maximum absolute atomic E-state index is 12.3. The lowest BCUT2D eigenvalue weighted by molar-refractivity contribution is -0.117.